The number of esters is 1. The van der Waals surface area contributed by atoms with Crippen molar-refractivity contribution < 1.29 is 9.53 Å². The van der Waals surface area contributed by atoms with Gasteiger partial charge in [0.25, 0.3) is 0 Å². The molecule has 4 fully saturated rings. The highest BCUT2D eigenvalue weighted by Gasteiger charge is 2.58. The predicted octanol–water partition coefficient (Wildman–Crippen LogP) is 2.83. The van der Waals surface area contributed by atoms with E-state index in [1.807, 2.05) is 0 Å². The monoisotopic (exact) mass is 245 g/mol. The van der Waals surface area contributed by atoms with Gasteiger partial charge in [0.05, 0.1) is 18.1 Å². The summed E-state index contributed by atoms with van der Waals surface area (Å²) >= 11 is 0. The molecule has 0 aliphatic heterocycles. The van der Waals surface area contributed by atoms with Crippen molar-refractivity contribution in [3.05, 3.63) is 12.7 Å². The van der Waals surface area contributed by atoms with Gasteiger partial charge in [-0.3, -0.25) is 0 Å². The van der Waals surface area contributed by atoms with Crippen LogP contribution in [0.5, 0.6) is 0 Å². The molecule has 0 aromatic carbocycles. The lowest BCUT2D eigenvalue weighted by Crippen LogP contribution is -2.53. The molecule has 0 spiro atoms. The van der Waals surface area contributed by atoms with Crippen LogP contribution in [0.4, 0.5) is 0 Å². The molecule has 0 aromatic rings. The summed E-state index contributed by atoms with van der Waals surface area (Å²) in [4.78, 5) is 11.2. The zero-order valence-corrected chi connectivity index (χ0v) is 10.7. The third kappa shape index (κ3) is 1.75. The summed E-state index contributed by atoms with van der Waals surface area (Å²) in [5.74, 6) is 1.01. The Balaban J connectivity index is 1.79. The SMILES string of the molecule is C=CC(=O)OCC12CC3CC(CC(C#N)(C3)C1)C2. The molecule has 0 amide bonds. The summed E-state index contributed by atoms with van der Waals surface area (Å²) in [6.45, 7) is 3.91. The highest BCUT2D eigenvalue weighted by Crippen LogP contribution is 2.65. The van der Waals surface area contributed by atoms with E-state index in [-0.39, 0.29) is 16.8 Å². The molecule has 4 aliphatic rings. The fourth-order valence-corrected chi connectivity index (χ4v) is 5.04. The van der Waals surface area contributed by atoms with Crippen molar-refractivity contribution in [2.24, 2.45) is 22.7 Å². The van der Waals surface area contributed by atoms with Gasteiger partial charge in [0.15, 0.2) is 0 Å². The molecule has 0 heterocycles. The van der Waals surface area contributed by atoms with Gasteiger partial charge in [0.2, 0.25) is 0 Å². The number of hydrogen-bond acceptors (Lipinski definition) is 3. The van der Waals surface area contributed by atoms with Gasteiger partial charge in [-0.05, 0) is 50.4 Å². The molecule has 4 aliphatic carbocycles. The van der Waals surface area contributed by atoms with Crippen molar-refractivity contribution in [2.75, 3.05) is 6.61 Å². The first-order valence-corrected chi connectivity index (χ1v) is 6.79. The molecule has 96 valence electrons. The number of rotatable bonds is 3. The van der Waals surface area contributed by atoms with Crippen LogP contribution in [0.3, 0.4) is 0 Å². The van der Waals surface area contributed by atoms with Crippen LogP contribution in [0.25, 0.3) is 0 Å². The Morgan fingerprint density at radius 3 is 2.61 bits per heavy atom. The normalized spacial score (nSPS) is 44.4. The van der Waals surface area contributed by atoms with Crippen molar-refractivity contribution in [1.29, 1.82) is 5.26 Å². The largest absolute Gasteiger partial charge is 0.462 e. The van der Waals surface area contributed by atoms with Gasteiger partial charge in [0, 0.05) is 11.5 Å². The van der Waals surface area contributed by atoms with E-state index in [1.54, 1.807) is 0 Å². The minimum atomic E-state index is -0.336. The second-order valence-corrected chi connectivity index (χ2v) is 6.66. The molecule has 0 N–H and O–H groups in total. The Morgan fingerprint density at radius 1 is 1.39 bits per heavy atom. The van der Waals surface area contributed by atoms with Gasteiger partial charge in [-0.1, -0.05) is 6.58 Å². The summed E-state index contributed by atoms with van der Waals surface area (Å²) in [6, 6.07) is 2.58. The molecule has 3 nitrogen and oxygen atoms in total. The molecular formula is C15H19NO2. The molecule has 0 radical (unpaired) electrons. The first-order valence-electron chi connectivity index (χ1n) is 6.79. The number of ether oxygens (including phenoxy) is 1. The maximum Gasteiger partial charge on any atom is 0.330 e. The van der Waals surface area contributed by atoms with E-state index in [4.69, 9.17) is 4.74 Å². The van der Waals surface area contributed by atoms with E-state index < -0.39 is 0 Å². The Morgan fingerprint density at radius 2 is 2.06 bits per heavy atom. The Hall–Kier alpha value is -1.30. The smallest absolute Gasteiger partial charge is 0.330 e. The van der Waals surface area contributed by atoms with Gasteiger partial charge in [-0.15, -0.1) is 0 Å². The number of nitrogens with zero attached hydrogens (tertiary/aromatic N) is 1. The summed E-state index contributed by atoms with van der Waals surface area (Å²) < 4.78 is 5.30. The van der Waals surface area contributed by atoms with E-state index in [0.717, 1.165) is 32.1 Å². The van der Waals surface area contributed by atoms with Crippen LogP contribution in [0.15, 0.2) is 12.7 Å². The Kier molecular flexibility index (Phi) is 2.52. The standard InChI is InChI=1S/C15H19NO2/c1-2-13(17)18-10-15-6-11-3-12(7-15)5-14(4-11,8-15)9-16/h2,11-12H,1,3-8,10H2. The topological polar surface area (TPSA) is 50.1 Å². The van der Waals surface area contributed by atoms with Crippen LogP contribution in [-0.4, -0.2) is 12.6 Å². The first kappa shape index (κ1) is 11.8. The summed E-state index contributed by atoms with van der Waals surface area (Å²) in [5.41, 5.74) is -0.0385. The fourth-order valence-electron chi connectivity index (χ4n) is 5.04. The number of nitriles is 1. The predicted molar refractivity (Wildman–Crippen MR) is 66.3 cm³/mol. The second-order valence-electron chi connectivity index (χ2n) is 6.66. The van der Waals surface area contributed by atoms with E-state index in [0.29, 0.717) is 18.4 Å². The Bertz CT molecular complexity index is 420. The lowest BCUT2D eigenvalue weighted by Gasteiger charge is -2.59. The van der Waals surface area contributed by atoms with E-state index >= 15 is 0 Å². The van der Waals surface area contributed by atoms with Gasteiger partial charge in [0.1, 0.15) is 0 Å². The third-order valence-corrected chi connectivity index (χ3v) is 5.11. The number of carbonyl (C=O) groups excluding carboxylic acids is 1. The minimum absolute atomic E-state index is 0.0818. The molecule has 0 saturated heterocycles. The maximum absolute atomic E-state index is 11.2. The third-order valence-electron chi connectivity index (χ3n) is 5.11. The maximum atomic E-state index is 11.2. The average molecular weight is 245 g/mol. The molecule has 4 bridgehead atoms. The molecular weight excluding hydrogens is 226 g/mol. The molecule has 2 atom stereocenters. The van der Waals surface area contributed by atoms with E-state index in [9.17, 15) is 10.1 Å². The zero-order chi connectivity index (χ0) is 12.8. The van der Waals surface area contributed by atoms with E-state index in [2.05, 4.69) is 12.6 Å². The highest BCUT2D eigenvalue weighted by atomic mass is 16.5. The van der Waals surface area contributed by atoms with E-state index in [1.165, 1.54) is 12.5 Å². The van der Waals surface area contributed by atoms with Crippen molar-refractivity contribution in [1.82, 2.24) is 0 Å². The van der Waals surface area contributed by atoms with Crippen LogP contribution < -0.4 is 0 Å². The molecule has 4 rings (SSSR count). The number of carbonyl (C=O) groups is 1. The molecule has 2 unspecified atom stereocenters. The summed E-state index contributed by atoms with van der Waals surface area (Å²) in [5, 5.41) is 9.50. The highest BCUT2D eigenvalue weighted by molar-refractivity contribution is 5.81. The lowest BCUT2D eigenvalue weighted by atomic mass is 9.45. The van der Waals surface area contributed by atoms with Gasteiger partial charge in [-0.25, -0.2) is 4.79 Å². The van der Waals surface area contributed by atoms with Crippen LogP contribution in [0, 0.1) is 34.0 Å². The van der Waals surface area contributed by atoms with Gasteiger partial charge < -0.3 is 4.74 Å². The minimum Gasteiger partial charge on any atom is -0.462 e. The number of hydrogen-bond donors (Lipinski definition) is 0. The van der Waals surface area contributed by atoms with Gasteiger partial charge in [-0.2, -0.15) is 5.26 Å². The molecule has 4 saturated carbocycles. The quantitative estimate of drug-likeness (QED) is 0.567. The van der Waals surface area contributed by atoms with Crippen molar-refractivity contribution >= 4 is 5.97 Å². The summed E-state index contributed by atoms with van der Waals surface area (Å²) in [6.07, 6.45) is 7.83. The fraction of sp³-hybridized carbons (Fsp3) is 0.733. The molecule has 18 heavy (non-hydrogen) atoms. The Labute approximate surface area is 108 Å². The first-order chi connectivity index (χ1) is 8.59. The molecule has 3 heteroatoms. The second kappa shape index (κ2) is 3.85. The van der Waals surface area contributed by atoms with Crippen LogP contribution in [-0.2, 0) is 9.53 Å². The lowest BCUT2D eigenvalue weighted by molar-refractivity contribution is -0.154. The average Bonchev–Trinajstić information content (AvgIpc) is 2.34. The van der Waals surface area contributed by atoms with Crippen LogP contribution >= 0.6 is 0 Å². The van der Waals surface area contributed by atoms with Crippen LogP contribution in [0.1, 0.15) is 38.5 Å². The van der Waals surface area contributed by atoms with Crippen molar-refractivity contribution in [3.63, 3.8) is 0 Å². The van der Waals surface area contributed by atoms with Crippen molar-refractivity contribution in [3.8, 4) is 6.07 Å². The van der Waals surface area contributed by atoms with Gasteiger partial charge >= 0.3 is 5.97 Å². The summed E-state index contributed by atoms with van der Waals surface area (Å²) in [7, 11) is 0. The van der Waals surface area contributed by atoms with Crippen molar-refractivity contribution in [2.45, 2.75) is 38.5 Å². The van der Waals surface area contributed by atoms with Crippen LogP contribution in [0.2, 0.25) is 0 Å². The zero-order valence-electron chi connectivity index (χ0n) is 10.7. The molecule has 0 aromatic heterocycles.